The number of ether oxygens (including phenoxy) is 1. The zero-order valence-electron chi connectivity index (χ0n) is 10.2. The molecule has 0 aromatic heterocycles. The molecule has 0 bridgehead atoms. The van der Waals surface area contributed by atoms with Crippen LogP contribution in [0.1, 0.15) is 16.7 Å². The maximum absolute atomic E-state index is 5.86. The fourth-order valence-corrected chi connectivity index (χ4v) is 1.68. The van der Waals surface area contributed by atoms with Crippen LogP contribution in [-0.2, 0) is 6.54 Å². The maximum Gasteiger partial charge on any atom is 0.131 e. The lowest BCUT2D eigenvalue weighted by Gasteiger charge is -2.11. The van der Waals surface area contributed by atoms with Crippen LogP contribution >= 0.6 is 0 Å². The van der Waals surface area contributed by atoms with E-state index in [0.717, 1.165) is 17.1 Å². The predicted octanol–water partition coefficient (Wildman–Crippen LogP) is 3.55. The topological polar surface area (TPSA) is 35.2 Å². The quantitative estimate of drug-likeness (QED) is 0.870. The van der Waals surface area contributed by atoms with Gasteiger partial charge in [-0.25, -0.2) is 0 Å². The van der Waals surface area contributed by atoms with Crippen LogP contribution < -0.4 is 10.5 Å². The monoisotopic (exact) mass is 227 g/mol. The second-order valence-corrected chi connectivity index (χ2v) is 4.16. The normalized spacial score (nSPS) is 10.3. The van der Waals surface area contributed by atoms with Gasteiger partial charge >= 0.3 is 0 Å². The second-order valence-electron chi connectivity index (χ2n) is 4.16. The molecule has 2 N–H and O–H groups in total. The van der Waals surface area contributed by atoms with Gasteiger partial charge in [-0.2, -0.15) is 0 Å². The summed E-state index contributed by atoms with van der Waals surface area (Å²) in [5.41, 5.74) is 9.19. The number of benzene rings is 2. The van der Waals surface area contributed by atoms with Gasteiger partial charge in [0.05, 0.1) is 0 Å². The van der Waals surface area contributed by atoms with E-state index in [1.54, 1.807) is 0 Å². The summed E-state index contributed by atoms with van der Waals surface area (Å²) in [5, 5.41) is 0. The Balaban J connectivity index is 2.28. The van der Waals surface area contributed by atoms with Crippen molar-refractivity contribution in [2.75, 3.05) is 0 Å². The van der Waals surface area contributed by atoms with Gasteiger partial charge in [0.25, 0.3) is 0 Å². The first-order chi connectivity index (χ1) is 8.20. The molecule has 2 aromatic carbocycles. The average Bonchev–Trinajstić information content (AvgIpc) is 2.34. The molecular formula is C15H17NO. The largest absolute Gasteiger partial charge is 0.457 e. The van der Waals surface area contributed by atoms with Gasteiger partial charge in [-0.05, 0) is 43.2 Å². The van der Waals surface area contributed by atoms with Crippen LogP contribution in [0.25, 0.3) is 0 Å². The van der Waals surface area contributed by atoms with Crippen LogP contribution in [0.2, 0.25) is 0 Å². The highest BCUT2D eigenvalue weighted by molar-refractivity contribution is 5.40. The van der Waals surface area contributed by atoms with Gasteiger partial charge in [-0.3, -0.25) is 0 Å². The van der Waals surface area contributed by atoms with Crippen molar-refractivity contribution in [2.45, 2.75) is 20.4 Å². The number of rotatable bonds is 3. The maximum atomic E-state index is 5.86. The Morgan fingerprint density at radius 2 is 1.76 bits per heavy atom. The van der Waals surface area contributed by atoms with Crippen molar-refractivity contribution in [3.63, 3.8) is 0 Å². The first-order valence-electron chi connectivity index (χ1n) is 5.74. The molecule has 0 spiro atoms. The Hall–Kier alpha value is -1.80. The highest BCUT2D eigenvalue weighted by Crippen LogP contribution is 2.26. The molecule has 0 aliphatic heterocycles. The highest BCUT2D eigenvalue weighted by atomic mass is 16.5. The van der Waals surface area contributed by atoms with Crippen molar-refractivity contribution >= 4 is 0 Å². The van der Waals surface area contributed by atoms with Crippen molar-refractivity contribution in [1.82, 2.24) is 0 Å². The van der Waals surface area contributed by atoms with E-state index in [-0.39, 0.29) is 0 Å². The van der Waals surface area contributed by atoms with Crippen LogP contribution in [0.15, 0.2) is 42.5 Å². The van der Waals surface area contributed by atoms with Crippen LogP contribution in [0, 0.1) is 13.8 Å². The van der Waals surface area contributed by atoms with Crippen molar-refractivity contribution < 1.29 is 4.74 Å². The molecule has 0 saturated heterocycles. The van der Waals surface area contributed by atoms with E-state index in [4.69, 9.17) is 10.5 Å². The van der Waals surface area contributed by atoms with E-state index in [1.807, 2.05) is 36.4 Å². The molecule has 0 aliphatic rings. The summed E-state index contributed by atoms with van der Waals surface area (Å²) in [6.45, 7) is 4.66. The molecule has 0 fully saturated rings. The number of nitrogens with two attached hydrogens (primary N) is 1. The number of para-hydroxylation sites is 1. The van der Waals surface area contributed by atoms with E-state index in [1.165, 1.54) is 11.1 Å². The molecule has 0 radical (unpaired) electrons. The fourth-order valence-electron chi connectivity index (χ4n) is 1.68. The van der Waals surface area contributed by atoms with Crippen molar-refractivity contribution in [1.29, 1.82) is 0 Å². The molecule has 0 heterocycles. The lowest BCUT2D eigenvalue weighted by atomic mass is 10.1. The van der Waals surface area contributed by atoms with E-state index in [2.05, 4.69) is 19.9 Å². The Morgan fingerprint density at radius 3 is 2.47 bits per heavy atom. The van der Waals surface area contributed by atoms with Gasteiger partial charge in [-0.1, -0.05) is 24.3 Å². The first-order valence-corrected chi connectivity index (χ1v) is 5.74. The zero-order valence-corrected chi connectivity index (χ0v) is 10.2. The second kappa shape index (κ2) is 5.02. The zero-order chi connectivity index (χ0) is 12.3. The van der Waals surface area contributed by atoms with Crippen LogP contribution in [-0.4, -0.2) is 0 Å². The van der Waals surface area contributed by atoms with Crippen molar-refractivity contribution in [3.05, 3.63) is 59.2 Å². The number of hydrogen-bond donors (Lipinski definition) is 1. The third kappa shape index (κ3) is 2.66. The third-order valence-electron chi connectivity index (χ3n) is 2.90. The van der Waals surface area contributed by atoms with E-state index in [9.17, 15) is 0 Å². The van der Waals surface area contributed by atoms with E-state index >= 15 is 0 Å². The summed E-state index contributed by atoms with van der Waals surface area (Å²) in [6, 6.07) is 13.9. The van der Waals surface area contributed by atoms with Gasteiger partial charge in [0.1, 0.15) is 11.5 Å². The molecule has 0 atom stereocenters. The minimum atomic E-state index is 0.487. The lowest BCUT2D eigenvalue weighted by molar-refractivity contribution is 0.476. The Kier molecular flexibility index (Phi) is 3.45. The molecular weight excluding hydrogens is 210 g/mol. The first kappa shape index (κ1) is 11.7. The molecule has 0 aliphatic carbocycles. The van der Waals surface area contributed by atoms with Crippen molar-refractivity contribution in [2.24, 2.45) is 5.73 Å². The summed E-state index contributed by atoms with van der Waals surface area (Å²) >= 11 is 0. The minimum Gasteiger partial charge on any atom is -0.457 e. The van der Waals surface area contributed by atoms with Crippen LogP contribution in [0.4, 0.5) is 0 Å². The molecule has 2 aromatic rings. The molecule has 0 saturated carbocycles. The fraction of sp³-hybridized carbons (Fsp3) is 0.200. The predicted molar refractivity (Wildman–Crippen MR) is 70.3 cm³/mol. The highest BCUT2D eigenvalue weighted by Gasteiger charge is 2.03. The Labute approximate surface area is 102 Å². The summed E-state index contributed by atoms with van der Waals surface area (Å²) in [5.74, 6) is 1.69. The van der Waals surface area contributed by atoms with Gasteiger partial charge in [0.2, 0.25) is 0 Å². The summed E-state index contributed by atoms with van der Waals surface area (Å²) in [6.07, 6.45) is 0. The molecule has 0 unspecified atom stereocenters. The van der Waals surface area contributed by atoms with Crippen LogP contribution in [0.5, 0.6) is 11.5 Å². The molecule has 2 nitrogen and oxygen atoms in total. The lowest BCUT2D eigenvalue weighted by Crippen LogP contribution is -1.99. The summed E-state index contributed by atoms with van der Waals surface area (Å²) in [4.78, 5) is 0. The summed E-state index contributed by atoms with van der Waals surface area (Å²) < 4.78 is 5.86. The molecule has 88 valence electrons. The van der Waals surface area contributed by atoms with Gasteiger partial charge < -0.3 is 10.5 Å². The molecule has 17 heavy (non-hydrogen) atoms. The van der Waals surface area contributed by atoms with Crippen LogP contribution in [0.3, 0.4) is 0 Å². The molecule has 0 amide bonds. The Morgan fingerprint density at radius 1 is 1.00 bits per heavy atom. The summed E-state index contributed by atoms with van der Waals surface area (Å²) in [7, 11) is 0. The van der Waals surface area contributed by atoms with E-state index in [0.29, 0.717) is 6.54 Å². The molecule has 2 rings (SSSR count). The standard InChI is InChI=1S/C15H17NO/c1-11-7-8-14(9-12(11)2)17-15-6-4-3-5-13(15)10-16/h3-9H,10,16H2,1-2H3. The number of hydrogen-bond acceptors (Lipinski definition) is 2. The van der Waals surface area contributed by atoms with Crippen molar-refractivity contribution in [3.8, 4) is 11.5 Å². The molecule has 2 heteroatoms. The minimum absolute atomic E-state index is 0.487. The third-order valence-corrected chi connectivity index (χ3v) is 2.90. The van der Waals surface area contributed by atoms with Gasteiger partial charge in [0, 0.05) is 12.1 Å². The Bertz CT molecular complexity index is 520. The number of aryl methyl sites for hydroxylation is 2. The van der Waals surface area contributed by atoms with E-state index < -0.39 is 0 Å². The smallest absolute Gasteiger partial charge is 0.131 e. The van der Waals surface area contributed by atoms with Gasteiger partial charge in [0.15, 0.2) is 0 Å². The SMILES string of the molecule is Cc1ccc(Oc2ccccc2CN)cc1C. The van der Waals surface area contributed by atoms with Gasteiger partial charge in [-0.15, -0.1) is 0 Å². The average molecular weight is 227 g/mol.